The molecule has 1 spiro atoms. The van der Waals surface area contributed by atoms with Crippen molar-refractivity contribution in [3.63, 3.8) is 0 Å². The second-order valence-electron chi connectivity index (χ2n) is 7.21. The lowest BCUT2D eigenvalue weighted by atomic mass is 9.71. The highest BCUT2D eigenvalue weighted by atomic mass is 16.6. The molecule has 1 aromatic rings. The minimum absolute atomic E-state index is 0.297. The molecule has 2 aliphatic heterocycles. The summed E-state index contributed by atoms with van der Waals surface area (Å²) >= 11 is 0. The fourth-order valence-corrected chi connectivity index (χ4v) is 4.68. The zero-order chi connectivity index (χ0) is 15.9. The summed E-state index contributed by atoms with van der Waals surface area (Å²) in [5.41, 5.74) is 3.24. The average Bonchev–Trinajstić information content (AvgIpc) is 3.05. The van der Waals surface area contributed by atoms with Crippen molar-refractivity contribution in [2.24, 2.45) is 0 Å². The van der Waals surface area contributed by atoms with Crippen LogP contribution in [0.15, 0.2) is 12.1 Å². The molecule has 126 valence electrons. The summed E-state index contributed by atoms with van der Waals surface area (Å²) in [7, 11) is 1.79. The van der Waals surface area contributed by atoms with Crippen molar-refractivity contribution in [3.05, 3.63) is 23.3 Å². The maximum atomic E-state index is 5.86. The Morgan fingerprint density at radius 2 is 1.87 bits per heavy atom. The Morgan fingerprint density at radius 1 is 1.17 bits per heavy atom. The van der Waals surface area contributed by atoms with Crippen molar-refractivity contribution < 1.29 is 14.2 Å². The molecule has 0 radical (unpaired) electrons. The summed E-state index contributed by atoms with van der Waals surface area (Å²) < 4.78 is 17.0. The highest BCUT2D eigenvalue weighted by Crippen LogP contribution is 2.51. The summed E-state index contributed by atoms with van der Waals surface area (Å²) in [6, 6.07) is 4.94. The van der Waals surface area contributed by atoms with Gasteiger partial charge in [-0.15, -0.1) is 0 Å². The van der Waals surface area contributed by atoms with Crippen molar-refractivity contribution in [2.75, 3.05) is 40.0 Å². The molecule has 1 atom stereocenters. The SMILES string of the molecule is COCCN1CC2(CCCC2)c2cc3c(cc2[C@@H]1C)OCCO3. The van der Waals surface area contributed by atoms with Crippen LogP contribution >= 0.6 is 0 Å². The van der Waals surface area contributed by atoms with Gasteiger partial charge in [0.25, 0.3) is 0 Å². The van der Waals surface area contributed by atoms with Gasteiger partial charge in [0.2, 0.25) is 0 Å². The Hall–Kier alpha value is -1.26. The smallest absolute Gasteiger partial charge is 0.161 e. The molecular formula is C19H27NO3. The molecule has 1 fully saturated rings. The molecule has 0 N–H and O–H groups in total. The first-order valence-corrected chi connectivity index (χ1v) is 8.90. The van der Waals surface area contributed by atoms with E-state index in [0.717, 1.165) is 31.2 Å². The van der Waals surface area contributed by atoms with E-state index in [-0.39, 0.29) is 0 Å². The van der Waals surface area contributed by atoms with Crippen LogP contribution < -0.4 is 9.47 Å². The minimum atomic E-state index is 0.297. The van der Waals surface area contributed by atoms with Crippen molar-refractivity contribution in [1.82, 2.24) is 4.90 Å². The molecule has 1 aliphatic carbocycles. The molecule has 0 amide bonds. The molecular weight excluding hydrogens is 290 g/mol. The Bertz CT molecular complexity index is 580. The monoisotopic (exact) mass is 317 g/mol. The van der Waals surface area contributed by atoms with Crippen LogP contribution in [0.25, 0.3) is 0 Å². The van der Waals surface area contributed by atoms with E-state index in [9.17, 15) is 0 Å². The Kier molecular flexibility index (Phi) is 3.98. The molecule has 1 saturated carbocycles. The Morgan fingerprint density at radius 3 is 2.57 bits per heavy atom. The molecule has 23 heavy (non-hydrogen) atoms. The van der Waals surface area contributed by atoms with E-state index in [1.54, 1.807) is 7.11 Å². The standard InChI is InChI=1S/C19H27NO3/c1-14-15-11-17-18(23-10-9-22-17)12-16(15)19(5-3-4-6-19)13-20(14)7-8-21-2/h11-12,14H,3-10,13H2,1-2H3/t14-/m0/s1. The Labute approximate surface area is 138 Å². The van der Waals surface area contributed by atoms with Crippen LogP contribution in [-0.4, -0.2) is 44.9 Å². The minimum Gasteiger partial charge on any atom is -0.486 e. The molecule has 0 unspecified atom stereocenters. The van der Waals surface area contributed by atoms with Gasteiger partial charge in [0.15, 0.2) is 11.5 Å². The van der Waals surface area contributed by atoms with Crippen molar-refractivity contribution >= 4 is 0 Å². The van der Waals surface area contributed by atoms with Gasteiger partial charge in [0.05, 0.1) is 6.61 Å². The number of fused-ring (bicyclic) bond motifs is 3. The molecule has 0 bridgehead atoms. The lowest BCUT2D eigenvalue weighted by Gasteiger charge is -2.46. The Balaban J connectivity index is 1.77. The number of hydrogen-bond donors (Lipinski definition) is 0. The first-order valence-electron chi connectivity index (χ1n) is 8.90. The van der Waals surface area contributed by atoms with Gasteiger partial charge >= 0.3 is 0 Å². The number of benzene rings is 1. The highest BCUT2D eigenvalue weighted by Gasteiger charge is 2.44. The van der Waals surface area contributed by atoms with Gasteiger partial charge in [-0.05, 0) is 43.0 Å². The van der Waals surface area contributed by atoms with E-state index in [2.05, 4.69) is 24.0 Å². The number of methoxy groups -OCH3 is 1. The summed E-state index contributed by atoms with van der Waals surface area (Å²) in [4.78, 5) is 2.59. The normalized spacial score (nSPS) is 25.6. The second kappa shape index (κ2) is 5.99. The molecule has 0 aromatic heterocycles. The highest BCUT2D eigenvalue weighted by molar-refractivity contribution is 5.53. The van der Waals surface area contributed by atoms with Crippen LogP contribution in [0.1, 0.15) is 49.8 Å². The second-order valence-corrected chi connectivity index (χ2v) is 7.21. The largest absolute Gasteiger partial charge is 0.486 e. The molecule has 4 nitrogen and oxygen atoms in total. The van der Waals surface area contributed by atoms with Crippen molar-refractivity contribution in [1.29, 1.82) is 0 Å². The molecule has 4 rings (SSSR count). The predicted molar refractivity (Wildman–Crippen MR) is 89.4 cm³/mol. The topological polar surface area (TPSA) is 30.9 Å². The number of ether oxygens (including phenoxy) is 3. The molecule has 3 aliphatic rings. The lowest BCUT2D eigenvalue weighted by molar-refractivity contribution is 0.0892. The third-order valence-electron chi connectivity index (χ3n) is 5.93. The van der Waals surface area contributed by atoms with Crippen molar-refractivity contribution in [3.8, 4) is 11.5 Å². The quantitative estimate of drug-likeness (QED) is 0.856. The molecule has 4 heteroatoms. The van der Waals surface area contributed by atoms with Crippen molar-refractivity contribution in [2.45, 2.75) is 44.1 Å². The van der Waals surface area contributed by atoms with Gasteiger partial charge in [0, 0.05) is 31.7 Å². The first kappa shape index (κ1) is 15.3. The van der Waals surface area contributed by atoms with Gasteiger partial charge < -0.3 is 14.2 Å². The first-order chi connectivity index (χ1) is 11.2. The van der Waals surface area contributed by atoms with E-state index >= 15 is 0 Å². The van der Waals surface area contributed by atoms with Crippen LogP contribution in [0.2, 0.25) is 0 Å². The zero-order valence-electron chi connectivity index (χ0n) is 14.3. The number of nitrogens with zero attached hydrogens (tertiary/aromatic N) is 1. The van der Waals surface area contributed by atoms with Gasteiger partial charge in [-0.2, -0.15) is 0 Å². The maximum Gasteiger partial charge on any atom is 0.161 e. The zero-order valence-corrected chi connectivity index (χ0v) is 14.3. The van der Waals surface area contributed by atoms with E-state index in [1.807, 2.05) is 0 Å². The average molecular weight is 317 g/mol. The molecule has 2 heterocycles. The van der Waals surface area contributed by atoms with Gasteiger partial charge in [-0.1, -0.05) is 12.8 Å². The summed E-state index contributed by atoms with van der Waals surface area (Å²) in [5.74, 6) is 1.86. The van der Waals surface area contributed by atoms with Gasteiger partial charge in [-0.3, -0.25) is 4.90 Å². The number of rotatable bonds is 3. The van der Waals surface area contributed by atoms with Gasteiger partial charge in [0.1, 0.15) is 13.2 Å². The summed E-state index contributed by atoms with van der Waals surface area (Å²) in [5, 5.41) is 0. The summed E-state index contributed by atoms with van der Waals surface area (Å²) in [6.07, 6.45) is 5.24. The number of hydrogen-bond acceptors (Lipinski definition) is 4. The van der Waals surface area contributed by atoms with E-state index in [0.29, 0.717) is 24.7 Å². The third kappa shape index (κ3) is 2.52. The third-order valence-corrected chi connectivity index (χ3v) is 5.93. The maximum absolute atomic E-state index is 5.86. The van der Waals surface area contributed by atoms with E-state index in [1.165, 1.54) is 36.8 Å². The van der Waals surface area contributed by atoms with Crippen LogP contribution in [0.3, 0.4) is 0 Å². The van der Waals surface area contributed by atoms with Gasteiger partial charge in [-0.25, -0.2) is 0 Å². The fourth-order valence-electron chi connectivity index (χ4n) is 4.68. The fraction of sp³-hybridized carbons (Fsp3) is 0.684. The van der Waals surface area contributed by atoms with Crippen LogP contribution in [0.4, 0.5) is 0 Å². The van der Waals surface area contributed by atoms with E-state index < -0.39 is 0 Å². The molecule has 1 aromatic carbocycles. The van der Waals surface area contributed by atoms with Crippen LogP contribution in [0.5, 0.6) is 11.5 Å². The molecule has 0 saturated heterocycles. The predicted octanol–water partition coefficient (Wildman–Crippen LogP) is 3.29. The lowest BCUT2D eigenvalue weighted by Crippen LogP contribution is -2.47. The summed E-state index contributed by atoms with van der Waals surface area (Å²) in [6.45, 7) is 6.55. The van der Waals surface area contributed by atoms with Crippen LogP contribution in [0, 0.1) is 0 Å². The van der Waals surface area contributed by atoms with E-state index in [4.69, 9.17) is 14.2 Å². The van der Waals surface area contributed by atoms with Crippen LogP contribution in [-0.2, 0) is 10.2 Å².